The first kappa shape index (κ1) is 41.5. The summed E-state index contributed by atoms with van der Waals surface area (Å²) in [4.78, 5) is 72.9. The van der Waals surface area contributed by atoms with Crippen molar-refractivity contribution in [2.24, 2.45) is 22.9 Å². The van der Waals surface area contributed by atoms with Gasteiger partial charge in [-0.25, -0.2) is 0 Å². The molecule has 0 unspecified atom stereocenters. The molecule has 0 spiro atoms. The van der Waals surface area contributed by atoms with Crippen molar-refractivity contribution in [3.63, 3.8) is 0 Å². The maximum atomic E-state index is 10.3. The molecular weight excluding hydrogens is 631 g/mol. The standard InChI is InChI=1S/3C6H9N3O2.C5H9NO4.Mn/c3*7-5(6(10)11)1-4-2-8-3-9-4;6-3(5(9)10)1-2-4(7)8;/h3*2-3,5H,1,7H2,(H2,8,9,10,11);3H,1-2,6H2,(H,7,8)(H,9,10);/q;;;;+2/p-2/t3*5-;3-;/m0000./s1. The SMILES string of the molecule is N[C@@H](CCC(=O)[O-])C(=O)O.N[C@@H](Cc1c[n-]cn1)C(=O)O.N[C@@H](Cc1c[n-]cn1)C(=O)O.N[C@@H](Cc1c[n-]cn1)C(=O)O.[H+].[H+].[Mn+2]. The van der Waals surface area contributed by atoms with Gasteiger partial charge < -0.3 is 83.2 Å². The fourth-order valence-electron chi connectivity index (χ4n) is 2.43. The van der Waals surface area contributed by atoms with E-state index in [-0.39, 0.29) is 52.0 Å². The summed E-state index contributed by atoms with van der Waals surface area (Å²) in [6, 6.07) is -3.75. The number of imidazole rings is 3. The molecule has 0 bridgehead atoms. The van der Waals surface area contributed by atoms with E-state index in [0.717, 1.165) is 0 Å². The molecule has 0 fully saturated rings. The number of aliphatic carboxylic acids is 5. The molecule has 0 aromatic carbocycles. The van der Waals surface area contributed by atoms with Crippen molar-refractivity contribution < 1.29 is 69.4 Å². The Morgan fingerprint density at radius 2 is 0.909 bits per heavy atom. The van der Waals surface area contributed by atoms with Crippen molar-refractivity contribution in [3.05, 3.63) is 54.7 Å². The first-order chi connectivity index (χ1) is 20.1. The Bertz CT molecular complexity index is 1110. The van der Waals surface area contributed by atoms with Gasteiger partial charge in [0.15, 0.2) is 0 Å². The van der Waals surface area contributed by atoms with Crippen LogP contribution in [0.2, 0.25) is 0 Å². The van der Waals surface area contributed by atoms with Gasteiger partial charge in [-0.15, -0.1) is 0 Å². The van der Waals surface area contributed by atoms with Crippen LogP contribution in [0.4, 0.5) is 0 Å². The number of rotatable bonds is 13. The number of carbonyl (C=O) groups excluding carboxylic acids is 1. The van der Waals surface area contributed by atoms with Gasteiger partial charge in [0, 0.05) is 5.97 Å². The molecule has 3 rings (SSSR count). The maximum absolute atomic E-state index is 10.3. The predicted molar refractivity (Wildman–Crippen MR) is 143 cm³/mol. The van der Waals surface area contributed by atoms with Crippen LogP contribution in [0.5, 0.6) is 0 Å². The summed E-state index contributed by atoms with van der Waals surface area (Å²) in [6.45, 7) is 0. The van der Waals surface area contributed by atoms with E-state index in [4.69, 9.17) is 43.4 Å². The molecule has 21 heteroatoms. The molecule has 0 aliphatic carbocycles. The number of aromatic nitrogens is 6. The number of carbonyl (C=O) groups is 5. The Labute approximate surface area is 263 Å². The van der Waals surface area contributed by atoms with Crippen molar-refractivity contribution in [1.82, 2.24) is 29.9 Å². The number of hydrogen-bond acceptors (Lipinski definition) is 13. The van der Waals surface area contributed by atoms with Gasteiger partial charge in [-0.05, 0) is 32.1 Å². The summed E-state index contributed by atoms with van der Waals surface area (Å²) in [7, 11) is 0. The van der Waals surface area contributed by atoms with Gasteiger partial charge in [-0.2, -0.15) is 0 Å². The molecule has 243 valence electrons. The number of carboxylic acids is 5. The largest absolute Gasteiger partial charge is 2.00 e. The first-order valence-corrected chi connectivity index (χ1v) is 12.0. The van der Waals surface area contributed by atoms with Crippen LogP contribution in [0.3, 0.4) is 0 Å². The number of hydrogen-bond donors (Lipinski definition) is 8. The molecule has 0 aliphatic rings. The molecule has 0 saturated heterocycles. The number of nitrogens with zero attached hydrogens (tertiary/aromatic N) is 6. The second kappa shape index (κ2) is 22.9. The average molecular weight is 666 g/mol. The van der Waals surface area contributed by atoms with Gasteiger partial charge in [-0.3, -0.25) is 19.2 Å². The van der Waals surface area contributed by atoms with E-state index in [0.29, 0.717) is 17.1 Å². The van der Waals surface area contributed by atoms with Crippen LogP contribution in [0.25, 0.3) is 0 Å². The minimum Gasteiger partial charge on any atom is -0.550 e. The monoisotopic (exact) mass is 665 g/mol. The third-order valence-corrected chi connectivity index (χ3v) is 4.76. The molecule has 3 aromatic heterocycles. The molecule has 12 N–H and O–H groups in total. The third kappa shape index (κ3) is 20.3. The zero-order valence-electron chi connectivity index (χ0n) is 24.9. The van der Waals surface area contributed by atoms with Gasteiger partial charge in [0.1, 0.15) is 24.2 Å². The molecule has 20 nitrogen and oxygen atoms in total. The summed E-state index contributed by atoms with van der Waals surface area (Å²) in [5, 5.41) is 43.1. The summed E-state index contributed by atoms with van der Waals surface area (Å²) in [6.07, 6.45) is 8.90. The van der Waals surface area contributed by atoms with Gasteiger partial charge >= 0.3 is 43.8 Å². The van der Waals surface area contributed by atoms with E-state index in [1.54, 1.807) is 0 Å². The van der Waals surface area contributed by atoms with E-state index in [1.165, 1.54) is 37.6 Å². The first-order valence-electron chi connectivity index (χ1n) is 12.0. The van der Waals surface area contributed by atoms with Crippen LogP contribution in [-0.4, -0.2) is 89.4 Å². The number of carboxylic acid groups (broad SMARTS) is 5. The molecule has 3 aromatic rings. The van der Waals surface area contributed by atoms with E-state index >= 15 is 0 Å². The van der Waals surface area contributed by atoms with Gasteiger partial charge in [0.2, 0.25) is 0 Å². The molecular formula is C23H34MnN10O10. The van der Waals surface area contributed by atoms with Crippen LogP contribution in [-0.2, 0) is 60.3 Å². The van der Waals surface area contributed by atoms with Gasteiger partial charge in [-0.1, -0.05) is 54.7 Å². The second-order valence-corrected chi connectivity index (χ2v) is 8.34. The topological polar surface area (TPSA) is 374 Å². The summed E-state index contributed by atoms with van der Waals surface area (Å²) in [5.74, 6) is -5.54. The van der Waals surface area contributed by atoms with Gasteiger partial charge in [0.05, 0.1) is 0 Å². The fourth-order valence-corrected chi connectivity index (χ4v) is 2.43. The molecule has 4 atom stereocenters. The van der Waals surface area contributed by atoms with Crippen molar-refractivity contribution in [2.45, 2.75) is 56.3 Å². The molecule has 0 saturated carbocycles. The fraction of sp³-hybridized carbons (Fsp3) is 0.391. The molecule has 0 aliphatic heterocycles. The Hall–Kier alpha value is -4.66. The van der Waals surface area contributed by atoms with Crippen molar-refractivity contribution in [1.29, 1.82) is 0 Å². The molecule has 44 heavy (non-hydrogen) atoms. The van der Waals surface area contributed by atoms with Crippen LogP contribution >= 0.6 is 0 Å². The number of nitrogens with two attached hydrogens (primary N) is 4. The van der Waals surface area contributed by atoms with Crippen LogP contribution in [0.1, 0.15) is 32.8 Å². The normalized spacial score (nSPS) is 12.5. The average Bonchev–Trinajstić information content (AvgIpc) is 3.73. The van der Waals surface area contributed by atoms with Crippen LogP contribution in [0, 0.1) is 0 Å². The Balaban J connectivity index is -0.000000250. The minimum absolute atomic E-state index is 0. The molecule has 0 amide bonds. The smallest absolute Gasteiger partial charge is 0.550 e. The van der Waals surface area contributed by atoms with Crippen molar-refractivity contribution in [3.8, 4) is 0 Å². The van der Waals surface area contributed by atoms with Crippen molar-refractivity contribution in [2.75, 3.05) is 0 Å². The van der Waals surface area contributed by atoms with E-state index in [1.807, 2.05) is 0 Å². The quantitative estimate of drug-likeness (QED) is 0.0793. The van der Waals surface area contributed by atoms with E-state index < -0.39 is 54.0 Å². The summed E-state index contributed by atoms with van der Waals surface area (Å²) >= 11 is 0. The third-order valence-electron chi connectivity index (χ3n) is 4.76. The Morgan fingerprint density at radius 3 is 1.09 bits per heavy atom. The van der Waals surface area contributed by atoms with E-state index in [9.17, 15) is 29.1 Å². The molecule has 3 heterocycles. The second-order valence-electron chi connectivity index (χ2n) is 8.34. The Kier molecular flexibility index (Phi) is 21.6. The van der Waals surface area contributed by atoms with Crippen molar-refractivity contribution >= 4 is 29.8 Å². The van der Waals surface area contributed by atoms with E-state index in [2.05, 4.69) is 29.9 Å². The minimum atomic E-state index is -1.28. The van der Waals surface area contributed by atoms with Crippen LogP contribution < -0.4 is 43.0 Å². The zero-order chi connectivity index (χ0) is 32.9. The summed E-state index contributed by atoms with van der Waals surface area (Å²) in [5.41, 5.74) is 22.5. The maximum Gasteiger partial charge on any atom is 2.00 e. The van der Waals surface area contributed by atoms with Gasteiger partial charge in [0.25, 0.3) is 0 Å². The molecule has 1 radical (unpaired) electrons. The predicted octanol–water partition coefficient (Wildman–Crippen LogP) is -4.87. The Morgan fingerprint density at radius 1 is 0.636 bits per heavy atom. The summed E-state index contributed by atoms with van der Waals surface area (Å²) < 4.78 is 0. The van der Waals surface area contributed by atoms with Crippen LogP contribution in [0.15, 0.2) is 37.6 Å². The zero-order valence-corrected chi connectivity index (χ0v) is 24.1.